The van der Waals surface area contributed by atoms with Crippen molar-refractivity contribution in [3.05, 3.63) is 70.9 Å². The quantitative estimate of drug-likeness (QED) is 0.370. The van der Waals surface area contributed by atoms with E-state index in [1.54, 1.807) is 19.4 Å². The van der Waals surface area contributed by atoms with Crippen molar-refractivity contribution >= 4 is 28.5 Å². The molecule has 1 fully saturated rings. The van der Waals surface area contributed by atoms with E-state index in [1.807, 2.05) is 42.5 Å². The van der Waals surface area contributed by atoms with Crippen LogP contribution in [0.3, 0.4) is 0 Å². The van der Waals surface area contributed by atoms with Gasteiger partial charge >= 0.3 is 5.97 Å². The lowest BCUT2D eigenvalue weighted by atomic mass is 9.79. The second-order valence-electron chi connectivity index (χ2n) is 9.28. The molecule has 1 aromatic heterocycles. The zero-order chi connectivity index (χ0) is 25.5. The fourth-order valence-corrected chi connectivity index (χ4v) is 5.11. The molecule has 1 aliphatic rings. The molecule has 5 nitrogen and oxygen atoms in total. The molecule has 4 rings (SSSR count). The van der Waals surface area contributed by atoms with Gasteiger partial charge in [0.05, 0.1) is 19.2 Å². The summed E-state index contributed by atoms with van der Waals surface area (Å²) in [4.78, 5) is 18.1. The number of carboxylic acids is 1. The molecule has 36 heavy (non-hydrogen) atoms. The van der Waals surface area contributed by atoms with Gasteiger partial charge < -0.3 is 9.84 Å². The van der Waals surface area contributed by atoms with Crippen molar-refractivity contribution < 1.29 is 19.0 Å². The zero-order valence-corrected chi connectivity index (χ0v) is 21.0. The monoisotopic (exact) mass is 508 g/mol. The first-order valence-electron chi connectivity index (χ1n) is 12.2. The number of aromatic nitrogens is 1. The molecular formula is C29H30ClFN2O3. The maximum absolute atomic E-state index is 15.5. The summed E-state index contributed by atoms with van der Waals surface area (Å²) in [5.74, 6) is 6.29. The zero-order valence-electron chi connectivity index (χ0n) is 20.3. The van der Waals surface area contributed by atoms with Crippen LogP contribution in [-0.4, -0.2) is 47.7 Å². The van der Waals surface area contributed by atoms with Gasteiger partial charge in [-0.3, -0.25) is 14.7 Å². The Morgan fingerprint density at radius 2 is 2.06 bits per heavy atom. The highest BCUT2D eigenvalue weighted by molar-refractivity contribution is 6.30. The number of carboxylic acid groups (broad SMARTS) is 1. The Balaban J connectivity index is 1.38. The molecule has 2 aromatic carbocycles. The van der Waals surface area contributed by atoms with Gasteiger partial charge in [-0.05, 0) is 91.7 Å². The average molecular weight is 509 g/mol. The maximum atomic E-state index is 15.5. The van der Waals surface area contributed by atoms with E-state index in [9.17, 15) is 9.90 Å². The van der Waals surface area contributed by atoms with Crippen LogP contribution in [0.2, 0.25) is 5.02 Å². The van der Waals surface area contributed by atoms with E-state index >= 15 is 4.39 Å². The molecule has 0 amide bonds. The number of halogens is 2. The summed E-state index contributed by atoms with van der Waals surface area (Å²) in [5.41, 5.74) is 2.22. The highest BCUT2D eigenvalue weighted by atomic mass is 35.5. The summed E-state index contributed by atoms with van der Waals surface area (Å²) in [7, 11) is 1.59. The van der Waals surface area contributed by atoms with E-state index in [0.29, 0.717) is 42.3 Å². The Bertz CT molecular complexity index is 1250. The van der Waals surface area contributed by atoms with Crippen molar-refractivity contribution in [2.45, 2.75) is 31.9 Å². The first-order chi connectivity index (χ1) is 17.4. The third-order valence-electron chi connectivity index (χ3n) is 6.90. The number of alkyl halides is 1. The summed E-state index contributed by atoms with van der Waals surface area (Å²) < 4.78 is 20.8. The van der Waals surface area contributed by atoms with Crippen LogP contribution < -0.4 is 4.74 Å². The van der Waals surface area contributed by atoms with Gasteiger partial charge in [0.2, 0.25) is 0 Å². The first kappa shape index (κ1) is 25.9. The highest BCUT2D eigenvalue weighted by Gasteiger charge is 2.31. The molecule has 0 radical (unpaired) electrons. The molecule has 1 N–H and O–H groups in total. The van der Waals surface area contributed by atoms with Gasteiger partial charge in [-0.15, -0.1) is 0 Å². The number of piperidine rings is 1. The molecule has 7 heteroatoms. The summed E-state index contributed by atoms with van der Waals surface area (Å²) >= 11 is 5.92. The van der Waals surface area contributed by atoms with E-state index in [4.69, 9.17) is 16.3 Å². The summed E-state index contributed by atoms with van der Waals surface area (Å²) in [6.45, 7) is 2.04. The van der Waals surface area contributed by atoms with Crippen LogP contribution in [0.25, 0.3) is 10.9 Å². The summed E-state index contributed by atoms with van der Waals surface area (Å²) in [6, 6.07) is 14.6. The van der Waals surface area contributed by atoms with Gasteiger partial charge in [0, 0.05) is 35.1 Å². The lowest BCUT2D eigenvalue weighted by Gasteiger charge is -2.37. The van der Waals surface area contributed by atoms with Gasteiger partial charge in [0.1, 0.15) is 11.9 Å². The van der Waals surface area contributed by atoms with Gasteiger partial charge in [-0.2, -0.15) is 0 Å². The van der Waals surface area contributed by atoms with Crippen LogP contribution in [0.1, 0.15) is 43.0 Å². The van der Waals surface area contributed by atoms with Crippen molar-refractivity contribution in [1.82, 2.24) is 9.88 Å². The van der Waals surface area contributed by atoms with Crippen LogP contribution >= 0.6 is 11.6 Å². The van der Waals surface area contributed by atoms with Crippen LogP contribution in [0.5, 0.6) is 5.75 Å². The molecule has 1 aliphatic heterocycles. The van der Waals surface area contributed by atoms with Gasteiger partial charge in [-0.1, -0.05) is 23.4 Å². The van der Waals surface area contributed by atoms with Gasteiger partial charge in [0.15, 0.2) is 0 Å². The number of nitrogens with zero attached hydrogens (tertiary/aromatic N) is 2. The van der Waals surface area contributed by atoms with Crippen LogP contribution in [-0.2, 0) is 4.79 Å². The first-order valence-corrected chi connectivity index (χ1v) is 12.6. The number of fused-ring (bicyclic) bond motifs is 1. The lowest BCUT2D eigenvalue weighted by Crippen LogP contribution is -2.41. The fraction of sp³-hybridized carbons (Fsp3) is 0.379. The van der Waals surface area contributed by atoms with Gasteiger partial charge in [-0.25, -0.2) is 4.39 Å². The smallest absolute Gasteiger partial charge is 0.303 e. The second-order valence-corrected chi connectivity index (χ2v) is 9.72. The molecule has 0 saturated carbocycles. The third kappa shape index (κ3) is 6.75. The molecule has 3 aromatic rings. The number of methoxy groups -OCH3 is 1. The fourth-order valence-electron chi connectivity index (χ4n) is 4.98. The molecule has 3 atom stereocenters. The number of rotatable bonds is 8. The standard InChI is InChI=1S/C29H30ClFN2O3/c1-36-24-9-11-28-26(18-24)25(12-14-32-28)27(31)10-6-21-13-16-33(19-22(21)17-29(34)35)15-2-3-20-4-7-23(30)8-5-20/h4-5,7-9,11-12,14,18,21-22,27H,6,10,13,15-17,19H2,1H3,(H,34,35)/t21-,22+,27-/m1/s1. The lowest BCUT2D eigenvalue weighted by molar-refractivity contribution is -0.139. The minimum atomic E-state index is -1.16. The molecule has 188 valence electrons. The van der Waals surface area contributed by atoms with Crippen molar-refractivity contribution in [3.63, 3.8) is 0 Å². The number of hydrogen-bond donors (Lipinski definition) is 1. The van der Waals surface area contributed by atoms with Crippen molar-refractivity contribution in [3.8, 4) is 17.6 Å². The molecule has 0 unspecified atom stereocenters. The molecule has 1 saturated heterocycles. The predicted molar refractivity (Wildman–Crippen MR) is 140 cm³/mol. The molecule has 0 bridgehead atoms. The van der Waals surface area contributed by atoms with E-state index in [2.05, 4.69) is 21.7 Å². The van der Waals surface area contributed by atoms with Crippen LogP contribution in [0.15, 0.2) is 54.7 Å². The Morgan fingerprint density at radius 3 is 2.81 bits per heavy atom. The minimum absolute atomic E-state index is 0.0324. The van der Waals surface area contributed by atoms with Crippen molar-refractivity contribution in [1.29, 1.82) is 0 Å². The van der Waals surface area contributed by atoms with Crippen LogP contribution in [0.4, 0.5) is 4.39 Å². The number of benzene rings is 2. The van der Waals surface area contributed by atoms with E-state index < -0.39 is 12.1 Å². The molecule has 0 aliphatic carbocycles. The third-order valence-corrected chi connectivity index (χ3v) is 7.15. The van der Waals surface area contributed by atoms with E-state index in [0.717, 1.165) is 29.4 Å². The number of aliphatic carboxylic acids is 1. The van der Waals surface area contributed by atoms with Crippen molar-refractivity contribution in [2.75, 3.05) is 26.7 Å². The Hall–Kier alpha value is -3.14. The van der Waals surface area contributed by atoms with Gasteiger partial charge in [0.25, 0.3) is 0 Å². The Labute approximate surface area is 216 Å². The van der Waals surface area contributed by atoms with Crippen LogP contribution in [0, 0.1) is 23.7 Å². The number of hydrogen-bond acceptors (Lipinski definition) is 4. The predicted octanol–water partition coefficient (Wildman–Crippen LogP) is 6.15. The average Bonchev–Trinajstić information content (AvgIpc) is 2.88. The number of carbonyl (C=O) groups is 1. The molecule has 0 spiro atoms. The highest BCUT2D eigenvalue weighted by Crippen LogP contribution is 2.36. The normalized spacial score (nSPS) is 18.9. The Morgan fingerprint density at radius 1 is 1.25 bits per heavy atom. The second kappa shape index (κ2) is 12.2. The largest absolute Gasteiger partial charge is 0.497 e. The van der Waals surface area contributed by atoms with Crippen molar-refractivity contribution in [2.24, 2.45) is 11.8 Å². The van der Waals surface area contributed by atoms with E-state index in [-0.39, 0.29) is 18.3 Å². The molecular weight excluding hydrogens is 479 g/mol. The topological polar surface area (TPSA) is 62.7 Å². The maximum Gasteiger partial charge on any atom is 0.303 e. The number of likely N-dealkylation sites (tertiary alicyclic amines) is 1. The summed E-state index contributed by atoms with van der Waals surface area (Å²) in [5, 5.41) is 10.9. The number of pyridine rings is 1. The molecule has 2 heterocycles. The SMILES string of the molecule is COc1ccc2nccc([C@H](F)CC[C@@H]3CCN(CC#Cc4ccc(Cl)cc4)C[C@@H]3CC(=O)O)c2c1. The Kier molecular flexibility index (Phi) is 8.79. The number of ether oxygens (including phenoxy) is 1. The minimum Gasteiger partial charge on any atom is -0.497 e. The summed E-state index contributed by atoms with van der Waals surface area (Å²) in [6.07, 6.45) is 2.37. The van der Waals surface area contributed by atoms with E-state index in [1.165, 1.54) is 0 Å².